The van der Waals surface area contributed by atoms with Crippen LogP contribution in [0.25, 0.3) is 0 Å². The Kier molecular flexibility index (Phi) is 3.24. The first-order chi connectivity index (χ1) is 8.08. The molecule has 0 unspecified atom stereocenters. The molecule has 2 aromatic rings. The molecule has 17 heavy (non-hydrogen) atoms. The molecule has 0 radical (unpaired) electrons. The number of para-hydroxylation sites is 1. The van der Waals surface area contributed by atoms with Gasteiger partial charge in [-0.15, -0.1) is 11.3 Å². The first-order valence-corrected chi connectivity index (χ1v) is 6.20. The van der Waals surface area contributed by atoms with E-state index < -0.39 is 0 Å². The molecule has 0 aliphatic rings. The number of aromatic nitrogens is 1. The second kappa shape index (κ2) is 4.67. The minimum Gasteiger partial charge on any atom is -0.321 e. The molecule has 3 nitrogen and oxygen atoms in total. The van der Waals surface area contributed by atoms with E-state index in [2.05, 4.69) is 10.3 Å². The quantitative estimate of drug-likeness (QED) is 0.883. The summed E-state index contributed by atoms with van der Waals surface area (Å²) in [6.45, 7) is 5.73. The molecule has 1 aromatic heterocycles. The van der Waals surface area contributed by atoms with Gasteiger partial charge in [-0.05, 0) is 32.4 Å². The number of hydrogen-bond donors (Lipinski definition) is 1. The number of nitrogens with zero attached hydrogens (tertiary/aromatic N) is 1. The second-order valence-electron chi connectivity index (χ2n) is 3.92. The van der Waals surface area contributed by atoms with Crippen molar-refractivity contribution in [1.29, 1.82) is 0 Å². The van der Waals surface area contributed by atoms with Gasteiger partial charge in [0, 0.05) is 5.69 Å². The van der Waals surface area contributed by atoms with Crippen molar-refractivity contribution in [3.05, 3.63) is 45.4 Å². The lowest BCUT2D eigenvalue weighted by Gasteiger charge is -2.06. The van der Waals surface area contributed by atoms with Gasteiger partial charge in [-0.3, -0.25) is 4.79 Å². The Hall–Kier alpha value is -1.68. The zero-order chi connectivity index (χ0) is 12.4. The highest BCUT2D eigenvalue weighted by Crippen LogP contribution is 2.20. The highest BCUT2D eigenvalue weighted by molar-refractivity contribution is 7.13. The molecule has 0 saturated carbocycles. The van der Waals surface area contributed by atoms with E-state index in [-0.39, 0.29) is 5.91 Å². The topological polar surface area (TPSA) is 42.0 Å². The number of carbonyl (C=O) groups excluding carboxylic acids is 1. The van der Waals surface area contributed by atoms with Crippen molar-refractivity contribution in [2.24, 2.45) is 0 Å². The van der Waals surface area contributed by atoms with E-state index in [9.17, 15) is 4.79 Å². The second-order valence-corrected chi connectivity index (χ2v) is 5.12. The number of hydrogen-bond acceptors (Lipinski definition) is 3. The molecule has 0 aliphatic heterocycles. The molecule has 0 atom stereocenters. The first kappa shape index (κ1) is 11.8. The summed E-state index contributed by atoms with van der Waals surface area (Å²) in [4.78, 5) is 17.0. The van der Waals surface area contributed by atoms with Gasteiger partial charge < -0.3 is 5.32 Å². The van der Waals surface area contributed by atoms with Gasteiger partial charge >= 0.3 is 0 Å². The summed E-state index contributed by atoms with van der Waals surface area (Å²) in [5.41, 5.74) is 2.70. The van der Waals surface area contributed by atoms with E-state index in [4.69, 9.17) is 0 Å². The fourth-order valence-corrected chi connectivity index (χ4v) is 2.45. The van der Waals surface area contributed by atoms with Crippen LogP contribution in [0.1, 0.15) is 25.9 Å². The van der Waals surface area contributed by atoms with E-state index in [1.807, 2.05) is 45.0 Å². The average molecular weight is 246 g/mol. The van der Waals surface area contributed by atoms with Crippen LogP contribution in [0.2, 0.25) is 0 Å². The number of amides is 1. The molecule has 1 heterocycles. The van der Waals surface area contributed by atoms with Crippen molar-refractivity contribution < 1.29 is 4.79 Å². The number of anilines is 1. The normalized spacial score (nSPS) is 10.3. The number of carbonyl (C=O) groups is 1. The Labute approximate surface area is 105 Å². The van der Waals surface area contributed by atoms with Gasteiger partial charge in [-0.1, -0.05) is 18.2 Å². The van der Waals surface area contributed by atoms with Gasteiger partial charge in [-0.2, -0.15) is 0 Å². The first-order valence-electron chi connectivity index (χ1n) is 5.39. The standard InChI is InChI=1S/C13H14N2OS/c1-8-6-4-5-7-11(8)15-13(16)12-9(2)14-10(3)17-12/h4-7H,1-3H3,(H,15,16). The lowest BCUT2D eigenvalue weighted by atomic mass is 10.2. The molecule has 0 aliphatic carbocycles. The molecule has 88 valence electrons. The number of benzene rings is 1. The maximum absolute atomic E-state index is 12.1. The van der Waals surface area contributed by atoms with Gasteiger partial charge in [0.05, 0.1) is 10.7 Å². The Morgan fingerprint density at radius 2 is 1.94 bits per heavy atom. The minimum absolute atomic E-state index is 0.0811. The lowest BCUT2D eigenvalue weighted by molar-refractivity contribution is 0.102. The smallest absolute Gasteiger partial charge is 0.267 e. The van der Waals surface area contributed by atoms with Crippen LogP contribution in [0, 0.1) is 20.8 Å². The highest BCUT2D eigenvalue weighted by Gasteiger charge is 2.14. The van der Waals surface area contributed by atoms with Crippen LogP contribution in [-0.2, 0) is 0 Å². The molecular formula is C13H14N2OS. The van der Waals surface area contributed by atoms with Crippen molar-refractivity contribution in [3.8, 4) is 0 Å². The SMILES string of the molecule is Cc1nc(C)c(C(=O)Nc2ccccc2C)s1. The maximum atomic E-state index is 12.1. The Morgan fingerprint density at radius 3 is 2.53 bits per heavy atom. The maximum Gasteiger partial charge on any atom is 0.267 e. The fourth-order valence-electron chi connectivity index (χ4n) is 1.63. The third-order valence-corrected chi connectivity index (χ3v) is 3.57. The van der Waals surface area contributed by atoms with Crippen LogP contribution in [0.3, 0.4) is 0 Å². The monoisotopic (exact) mass is 246 g/mol. The van der Waals surface area contributed by atoms with Crippen LogP contribution >= 0.6 is 11.3 Å². The fraction of sp³-hybridized carbons (Fsp3) is 0.231. The Bertz CT molecular complexity index is 560. The Morgan fingerprint density at radius 1 is 1.24 bits per heavy atom. The van der Waals surface area contributed by atoms with E-state index in [1.54, 1.807) is 0 Å². The Balaban J connectivity index is 2.23. The van der Waals surface area contributed by atoms with E-state index in [1.165, 1.54) is 11.3 Å². The molecule has 1 N–H and O–H groups in total. The van der Waals surface area contributed by atoms with Gasteiger partial charge in [0.2, 0.25) is 0 Å². The number of thiazole rings is 1. The van der Waals surface area contributed by atoms with Crippen molar-refractivity contribution >= 4 is 22.9 Å². The summed E-state index contributed by atoms with van der Waals surface area (Å²) in [7, 11) is 0. The minimum atomic E-state index is -0.0811. The third kappa shape index (κ3) is 2.53. The summed E-state index contributed by atoms with van der Waals surface area (Å²) < 4.78 is 0. The molecule has 0 fully saturated rings. The summed E-state index contributed by atoms with van der Waals surface area (Å²) in [6, 6.07) is 7.73. The zero-order valence-electron chi connectivity index (χ0n) is 10.1. The number of rotatable bonds is 2. The average Bonchev–Trinajstić information content (AvgIpc) is 2.61. The third-order valence-electron chi connectivity index (χ3n) is 2.50. The van der Waals surface area contributed by atoms with Gasteiger partial charge in [0.15, 0.2) is 0 Å². The van der Waals surface area contributed by atoms with E-state index >= 15 is 0 Å². The molecule has 2 rings (SSSR count). The van der Waals surface area contributed by atoms with Crippen molar-refractivity contribution in [2.45, 2.75) is 20.8 Å². The summed E-state index contributed by atoms with van der Waals surface area (Å²) in [6.07, 6.45) is 0. The van der Waals surface area contributed by atoms with Crippen molar-refractivity contribution in [2.75, 3.05) is 5.32 Å². The zero-order valence-corrected chi connectivity index (χ0v) is 10.9. The van der Waals surface area contributed by atoms with Crippen LogP contribution < -0.4 is 5.32 Å². The van der Waals surface area contributed by atoms with Gasteiger partial charge in [0.1, 0.15) is 4.88 Å². The lowest BCUT2D eigenvalue weighted by Crippen LogP contribution is -2.12. The molecule has 0 saturated heterocycles. The van der Waals surface area contributed by atoms with Crippen LogP contribution in [0.4, 0.5) is 5.69 Å². The molecule has 1 amide bonds. The molecular weight excluding hydrogens is 232 g/mol. The molecule has 4 heteroatoms. The van der Waals surface area contributed by atoms with E-state index in [0.717, 1.165) is 22.0 Å². The number of aryl methyl sites for hydroxylation is 3. The van der Waals surface area contributed by atoms with Crippen molar-refractivity contribution in [3.63, 3.8) is 0 Å². The molecule has 0 bridgehead atoms. The highest BCUT2D eigenvalue weighted by atomic mass is 32.1. The summed E-state index contributed by atoms with van der Waals surface area (Å²) in [5.74, 6) is -0.0811. The predicted octanol–water partition coefficient (Wildman–Crippen LogP) is 3.32. The van der Waals surface area contributed by atoms with Crippen molar-refractivity contribution in [1.82, 2.24) is 4.98 Å². The molecule has 1 aromatic carbocycles. The summed E-state index contributed by atoms with van der Waals surface area (Å²) >= 11 is 1.42. The van der Waals surface area contributed by atoms with Crippen LogP contribution in [-0.4, -0.2) is 10.9 Å². The van der Waals surface area contributed by atoms with E-state index in [0.29, 0.717) is 4.88 Å². The van der Waals surface area contributed by atoms with Crippen LogP contribution in [0.5, 0.6) is 0 Å². The number of nitrogens with one attached hydrogen (secondary N) is 1. The largest absolute Gasteiger partial charge is 0.321 e. The summed E-state index contributed by atoms with van der Waals surface area (Å²) in [5, 5.41) is 3.83. The van der Waals surface area contributed by atoms with Crippen LogP contribution in [0.15, 0.2) is 24.3 Å². The predicted molar refractivity (Wildman–Crippen MR) is 70.7 cm³/mol. The van der Waals surface area contributed by atoms with Gasteiger partial charge in [0.25, 0.3) is 5.91 Å². The molecule has 0 spiro atoms. The van der Waals surface area contributed by atoms with Gasteiger partial charge in [-0.25, -0.2) is 4.98 Å².